The molecule has 0 atom stereocenters. The van der Waals surface area contributed by atoms with Crippen LogP contribution in [-0.2, 0) is 21.8 Å². The van der Waals surface area contributed by atoms with E-state index in [0.29, 0.717) is 0 Å². The molecule has 0 amide bonds. The first-order valence-corrected chi connectivity index (χ1v) is 5.79. The molecule has 0 unspecified atom stereocenters. The fourth-order valence-electron chi connectivity index (χ4n) is 1.50. The Kier molecular flexibility index (Phi) is 5.22. The van der Waals surface area contributed by atoms with Gasteiger partial charge in [0.15, 0.2) is 5.75 Å². The van der Waals surface area contributed by atoms with Gasteiger partial charge in [-0.05, 0) is 5.56 Å². The van der Waals surface area contributed by atoms with Crippen molar-refractivity contribution in [3.8, 4) is 11.8 Å². The van der Waals surface area contributed by atoms with Crippen molar-refractivity contribution in [1.29, 1.82) is 5.26 Å². The maximum atomic E-state index is 12.4. The molecule has 108 valence electrons. The smallest absolute Gasteiger partial charge is 0.469 e. The molecule has 0 fully saturated rings. The lowest BCUT2D eigenvalue weighted by Crippen LogP contribution is -2.20. The fraction of sp³-hybridized carbons (Fsp3) is 0.333. The zero-order valence-corrected chi connectivity index (χ0v) is 11.0. The van der Waals surface area contributed by atoms with Crippen LogP contribution >= 0.6 is 11.6 Å². The monoisotopic (exact) mass is 307 g/mol. The number of rotatable bonds is 4. The van der Waals surface area contributed by atoms with E-state index in [1.807, 2.05) is 0 Å². The highest BCUT2D eigenvalue weighted by Gasteiger charge is 2.34. The van der Waals surface area contributed by atoms with Crippen LogP contribution in [0.2, 0.25) is 0 Å². The summed E-state index contributed by atoms with van der Waals surface area (Å²) in [6.45, 7) is 0. The highest BCUT2D eigenvalue weighted by Crippen LogP contribution is 2.33. The summed E-state index contributed by atoms with van der Waals surface area (Å²) in [5.41, 5.74) is -0.264. The van der Waals surface area contributed by atoms with Crippen LogP contribution in [-0.4, -0.2) is 19.4 Å². The molecule has 0 aliphatic carbocycles. The van der Waals surface area contributed by atoms with Crippen LogP contribution in [0.3, 0.4) is 0 Å². The van der Waals surface area contributed by atoms with Gasteiger partial charge in [-0.15, -0.1) is 24.8 Å². The summed E-state index contributed by atoms with van der Waals surface area (Å²) in [6, 6.07) is 4.22. The molecule has 20 heavy (non-hydrogen) atoms. The maximum Gasteiger partial charge on any atom is 0.573 e. The number of ether oxygens (including phenoxy) is 2. The first-order valence-electron chi connectivity index (χ1n) is 5.25. The molecule has 0 aliphatic rings. The molecule has 1 rings (SSSR count). The minimum atomic E-state index is -4.98. The average Bonchev–Trinajstić information content (AvgIpc) is 2.38. The summed E-state index contributed by atoms with van der Waals surface area (Å²) >= 11 is 5.56. The lowest BCUT2D eigenvalue weighted by atomic mass is 10.0. The molecule has 4 nitrogen and oxygen atoms in total. The van der Waals surface area contributed by atoms with Crippen LogP contribution in [0.5, 0.6) is 5.75 Å². The van der Waals surface area contributed by atoms with Gasteiger partial charge in [0.05, 0.1) is 19.1 Å². The lowest BCUT2D eigenvalue weighted by molar-refractivity contribution is -0.275. The second-order valence-corrected chi connectivity index (χ2v) is 3.90. The van der Waals surface area contributed by atoms with Crippen LogP contribution in [0, 0.1) is 11.3 Å². The molecular formula is C12H9ClF3NO3. The lowest BCUT2D eigenvalue weighted by Gasteiger charge is -2.16. The second kappa shape index (κ2) is 6.48. The van der Waals surface area contributed by atoms with Gasteiger partial charge in [0.1, 0.15) is 6.07 Å². The van der Waals surface area contributed by atoms with Gasteiger partial charge < -0.3 is 9.47 Å². The van der Waals surface area contributed by atoms with E-state index < -0.39 is 24.5 Å². The number of hydrogen-bond donors (Lipinski definition) is 0. The molecule has 0 saturated carbocycles. The first-order chi connectivity index (χ1) is 9.32. The number of benzene rings is 1. The summed E-state index contributed by atoms with van der Waals surface area (Å²) in [6.07, 6.45) is -5.43. The van der Waals surface area contributed by atoms with Crippen LogP contribution in [0.15, 0.2) is 12.1 Å². The molecular weight excluding hydrogens is 299 g/mol. The maximum absolute atomic E-state index is 12.4. The van der Waals surface area contributed by atoms with Crippen molar-refractivity contribution in [3.63, 3.8) is 0 Å². The fourth-order valence-corrected chi connectivity index (χ4v) is 1.72. The number of halogens is 4. The Bertz CT molecular complexity index is 552. The van der Waals surface area contributed by atoms with E-state index in [9.17, 15) is 18.0 Å². The summed E-state index contributed by atoms with van der Waals surface area (Å²) in [5, 5.41) is 8.97. The van der Waals surface area contributed by atoms with Gasteiger partial charge in [-0.1, -0.05) is 12.1 Å². The number of carbonyl (C=O) groups excluding carboxylic acids is 1. The molecule has 8 heteroatoms. The van der Waals surface area contributed by atoms with Gasteiger partial charge in [0.2, 0.25) is 0 Å². The van der Waals surface area contributed by atoms with E-state index in [2.05, 4.69) is 9.47 Å². The first kappa shape index (κ1) is 16.1. The van der Waals surface area contributed by atoms with Crippen molar-refractivity contribution in [2.24, 2.45) is 0 Å². The quantitative estimate of drug-likeness (QED) is 0.634. The SMILES string of the molecule is COC(=O)Cc1ccc(CCl)c(C#N)c1OC(F)(F)F. The van der Waals surface area contributed by atoms with Gasteiger partial charge in [0, 0.05) is 11.4 Å². The molecule has 0 bridgehead atoms. The molecule has 0 radical (unpaired) electrons. The van der Waals surface area contributed by atoms with Crippen LogP contribution in [0.25, 0.3) is 0 Å². The van der Waals surface area contributed by atoms with Gasteiger partial charge in [0.25, 0.3) is 0 Å². The number of carbonyl (C=O) groups is 1. The highest BCUT2D eigenvalue weighted by atomic mass is 35.5. The largest absolute Gasteiger partial charge is 0.573 e. The zero-order chi connectivity index (χ0) is 15.3. The van der Waals surface area contributed by atoms with Crippen molar-refractivity contribution in [1.82, 2.24) is 0 Å². The van der Waals surface area contributed by atoms with Gasteiger partial charge >= 0.3 is 12.3 Å². The summed E-state index contributed by atoms with van der Waals surface area (Å²) in [7, 11) is 1.10. The number of nitrogens with zero attached hydrogens (tertiary/aromatic N) is 1. The van der Waals surface area contributed by atoms with Crippen LogP contribution < -0.4 is 4.74 Å². The van der Waals surface area contributed by atoms with Gasteiger partial charge in [-0.25, -0.2) is 0 Å². The molecule has 0 N–H and O–H groups in total. The van der Waals surface area contributed by atoms with E-state index in [4.69, 9.17) is 16.9 Å². The van der Waals surface area contributed by atoms with Gasteiger partial charge in [-0.3, -0.25) is 4.79 Å². The van der Waals surface area contributed by atoms with Crippen molar-refractivity contribution >= 4 is 17.6 Å². The Morgan fingerprint density at radius 3 is 2.45 bits per heavy atom. The van der Waals surface area contributed by atoms with E-state index >= 15 is 0 Å². The second-order valence-electron chi connectivity index (χ2n) is 3.63. The van der Waals surface area contributed by atoms with Gasteiger partial charge in [-0.2, -0.15) is 5.26 Å². The number of hydrogen-bond acceptors (Lipinski definition) is 4. The Labute approximate surface area is 117 Å². The van der Waals surface area contributed by atoms with E-state index in [-0.39, 0.29) is 22.6 Å². The standard InChI is InChI=1S/C12H9ClF3NO3/c1-19-10(18)4-7-2-3-8(5-13)9(6-17)11(7)20-12(14,15)16/h2-3H,4-5H2,1H3. The Morgan fingerprint density at radius 2 is 2.00 bits per heavy atom. The third-order valence-corrected chi connectivity index (χ3v) is 2.65. The predicted octanol–water partition coefficient (Wildman–Crippen LogP) is 2.91. The Morgan fingerprint density at radius 1 is 1.40 bits per heavy atom. The topological polar surface area (TPSA) is 59.3 Å². The Hall–Kier alpha value is -1.94. The van der Waals surface area contributed by atoms with Crippen LogP contribution in [0.4, 0.5) is 13.2 Å². The van der Waals surface area contributed by atoms with E-state index in [1.54, 1.807) is 6.07 Å². The number of alkyl halides is 4. The minimum absolute atomic E-state index is 0.0976. The van der Waals surface area contributed by atoms with E-state index in [0.717, 1.165) is 7.11 Å². The van der Waals surface area contributed by atoms with Crippen molar-refractivity contribution in [2.75, 3.05) is 7.11 Å². The van der Waals surface area contributed by atoms with Crippen molar-refractivity contribution in [3.05, 3.63) is 28.8 Å². The summed E-state index contributed by atoms with van der Waals surface area (Å²) in [5.74, 6) is -1.63. The number of nitriles is 1. The molecule has 0 saturated heterocycles. The normalized spacial score (nSPS) is 10.8. The molecule has 0 heterocycles. The minimum Gasteiger partial charge on any atom is -0.469 e. The summed E-state index contributed by atoms with van der Waals surface area (Å²) in [4.78, 5) is 11.2. The molecule has 1 aromatic carbocycles. The third kappa shape index (κ3) is 4.03. The number of esters is 1. The average molecular weight is 308 g/mol. The number of methoxy groups -OCH3 is 1. The third-order valence-electron chi connectivity index (χ3n) is 2.36. The van der Waals surface area contributed by atoms with Crippen LogP contribution in [0.1, 0.15) is 16.7 Å². The molecule has 0 aromatic heterocycles. The summed E-state index contributed by atoms with van der Waals surface area (Å²) < 4.78 is 45.5. The van der Waals surface area contributed by atoms with E-state index in [1.165, 1.54) is 12.1 Å². The Balaban J connectivity index is 3.36. The predicted molar refractivity (Wildman–Crippen MR) is 63.1 cm³/mol. The molecule has 0 spiro atoms. The zero-order valence-electron chi connectivity index (χ0n) is 10.3. The molecule has 0 aliphatic heterocycles. The van der Waals surface area contributed by atoms with Crippen molar-refractivity contribution < 1.29 is 27.4 Å². The van der Waals surface area contributed by atoms with Crippen molar-refractivity contribution in [2.45, 2.75) is 18.7 Å². The molecule has 1 aromatic rings. The highest BCUT2D eigenvalue weighted by molar-refractivity contribution is 6.17.